The summed E-state index contributed by atoms with van der Waals surface area (Å²) in [6.45, 7) is 1.02. The Kier molecular flexibility index (Phi) is 5.58. The van der Waals surface area contributed by atoms with E-state index < -0.39 is 12.0 Å². The van der Waals surface area contributed by atoms with Gasteiger partial charge in [-0.3, -0.25) is 9.59 Å². The number of carbonyl (C=O) groups excluding carboxylic acids is 2. The SMILES string of the molecule is NCC1(CC(=O)NCC2CCC(C(N)=O)O2)CCCCC1. The molecule has 2 rings (SSSR count). The molecular formula is C15H27N3O3. The number of rotatable bonds is 6. The Morgan fingerprint density at radius 2 is 1.90 bits per heavy atom. The number of amides is 2. The van der Waals surface area contributed by atoms with Gasteiger partial charge in [0.1, 0.15) is 6.10 Å². The standard InChI is InChI=1S/C15H27N3O3/c16-10-15(6-2-1-3-7-15)8-13(19)18-9-11-4-5-12(21-11)14(17)20/h11-12H,1-10,16H2,(H2,17,20)(H,18,19). The first-order chi connectivity index (χ1) is 10.0. The Bertz CT molecular complexity index is 380. The third kappa shape index (κ3) is 4.41. The monoisotopic (exact) mass is 297 g/mol. The van der Waals surface area contributed by atoms with E-state index in [0.29, 0.717) is 25.9 Å². The van der Waals surface area contributed by atoms with Crippen LogP contribution in [-0.2, 0) is 14.3 Å². The molecule has 1 aliphatic carbocycles. The summed E-state index contributed by atoms with van der Waals surface area (Å²) >= 11 is 0. The van der Waals surface area contributed by atoms with Gasteiger partial charge >= 0.3 is 0 Å². The molecule has 0 aromatic rings. The molecule has 1 saturated carbocycles. The van der Waals surface area contributed by atoms with Crippen LogP contribution in [0.25, 0.3) is 0 Å². The van der Waals surface area contributed by atoms with Crippen LogP contribution >= 0.6 is 0 Å². The normalized spacial score (nSPS) is 28.2. The van der Waals surface area contributed by atoms with E-state index in [1.54, 1.807) is 0 Å². The molecule has 21 heavy (non-hydrogen) atoms. The van der Waals surface area contributed by atoms with E-state index in [-0.39, 0.29) is 17.4 Å². The zero-order chi connectivity index (χ0) is 15.3. The minimum atomic E-state index is -0.499. The van der Waals surface area contributed by atoms with Crippen LogP contribution < -0.4 is 16.8 Å². The van der Waals surface area contributed by atoms with Gasteiger partial charge in [-0.2, -0.15) is 0 Å². The molecule has 120 valence electrons. The maximum Gasteiger partial charge on any atom is 0.246 e. The lowest BCUT2D eigenvalue weighted by Gasteiger charge is -2.35. The van der Waals surface area contributed by atoms with Crippen molar-refractivity contribution in [1.29, 1.82) is 0 Å². The molecule has 0 spiro atoms. The number of hydrogen-bond donors (Lipinski definition) is 3. The van der Waals surface area contributed by atoms with E-state index in [1.807, 2.05) is 0 Å². The number of nitrogens with two attached hydrogens (primary N) is 2. The molecule has 2 atom stereocenters. The molecule has 1 saturated heterocycles. The van der Waals surface area contributed by atoms with Crippen LogP contribution in [-0.4, -0.2) is 37.1 Å². The van der Waals surface area contributed by atoms with E-state index >= 15 is 0 Å². The van der Waals surface area contributed by atoms with Crippen molar-refractivity contribution in [3.8, 4) is 0 Å². The average molecular weight is 297 g/mol. The van der Waals surface area contributed by atoms with Crippen molar-refractivity contribution < 1.29 is 14.3 Å². The number of carbonyl (C=O) groups is 2. The third-order valence-electron chi connectivity index (χ3n) is 4.83. The zero-order valence-corrected chi connectivity index (χ0v) is 12.6. The molecule has 2 amide bonds. The second-order valence-corrected chi connectivity index (χ2v) is 6.47. The molecule has 1 aliphatic heterocycles. The highest BCUT2D eigenvalue weighted by molar-refractivity contribution is 5.79. The van der Waals surface area contributed by atoms with Crippen molar-refractivity contribution in [1.82, 2.24) is 5.32 Å². The van der Waals surface area contributed by atoms with Gasteiger partial charge in [0.25, 0.3) is 0 Å². The van der Waals surface area contributed by atoms with Gasteiger partial charge in [0.05, 0.1) is 6.10 Å². The summed E-state index contributed by atoms with van der Waals surface area (Å²) in [5.41, 5.74) is 11.1. The Labute approximate surface area is 126 Å². The molecule has 0 aromatic carbocycles. The fraction of sp³-hybridized carbons (Fsp3) is 0.867. The van der Waals surface area contributed by atoms with Gasteiger partial charge in [0.15, 0.2) is 0 Å². The van der Waals surface area contributed by atoms with Crippen molar-refractivity contribution in [2.24, 2.45) is 16.9 Å². The smallest absolute Gasteiger partial charge is 0.246 e. The zero-order valence-electron chi connectivity index (χ0n) is 12.6. The van der Waals surface area contributed by atoms with Crippen LogP contribution in [0.15, 0.2) is 0 Å². The predicted molar refractivity (Wildman–Crippen MR) is 79.3 cm³/mol. The maximum atomic E-state index is 12.1. The van der Waals surface area contributed by atoms with Gasteiger partial charge in [-0.1, -0.05) is 19.3 Å². The Balaban J connectivity index is 1.73. The summed E-state index contributed by atoms with van der Waals surface area (Å²) in [5.74, 6) is -0.387. The largest absolute Gasteiger partial charge is 0.367 e. The van der Waals surface area contributed by atoms with Crippen LogP contribution in [0.3, 0.4) is 0 Å². The van der Waals surface area contributed by atoms with E-state index in [2.05, 4.69) is 5.32 Å². The summed E-state index contributed by atoms with van der Waals surface area (Å²) < 4.78 is 5.50. The fourth-order valence-corrected chi connectivity index (χ4v) is 3.45. The second kappa shape index (κ2) is 7.22. The number of ether oxygens (including phenoxy) is 1. The molecule has 0 aromatic heterocycles. The van der Waals surface area contributed by atoms with Crippen LogP contribution in [0, 0.1) is 5.41 Å². The molecule has 2 aliphatic rings. The van der Waals surface area contributed by atoms with Crippen LogP contribution in [0.2, 0.25) is 0 Å². The van der Waals surface area contributed by atoms with Gasteiger partial charge < -0.3 is 21.5 Å². The summed E-state index contributed by atoms with van der Waals surface area (Å²) in [6, 6.07) is 0. The molecule has 6 heteroatoms. The fourth-order valence-electron chi connectivity index (χ4n) is 3.45. The molecular weight excluding hydrogens is 270 g/mol. The Morgan fingerprint density at radius 1 is 1.19 bits per heavy atom. The van der Waals surface area contributed by atoms with Crippen molar-refractivity contribution >= 4 is 11.8 Å². The molecule has 5 N–H and O–H groups in total. The Morgan fingerprint density at radius 3 is 2.48 bits per heavy atom. The molecule has 2 fully saturated rings. The molecule has 6 nitrogen and oxygen atoms in total. The number of hydrogen-bond acceptors (Lipinski definition) is 4. The topological polar surface area (TPSA) is 107 Å². The molecule has 0 bridgehead atoms. The average Bonchev–Trinajstić information content (AvgIpc) is 2.95. The molecule has 1 heterocycles. The van der Waals surface area contributed by atoms with Crippen LogP contribution in [0.1, 0.15) is 51.4 Å². The van der Waals surface area contributed by atoms with Gasteiger partial charge in [0.2, 0.25) is 11.8 Å². The molecule has 2 unspecified atom stereocenters. The second-order valence-electron chi connectivity index (χ2n) is 6.47. The van der Waals surface area contributed by atoms with Gasteiger partial charge in [-0.25, -0.2) is 0 Å². The highest BCUT2D eigenvalue weighted by Gasteiger charge is 2.34. The summed E-state index contributed by atoms with van der Waals surface area (Å²) in [6.07, 6.45) is 6.95. The quantitative estimate of drug-likeness (QED) is 0.661. The first-order valence-electron chi connectivity index (χ1n) is 7.96. The highest BCUT2D eigenvalue weighted by atomic mass is 16.5. The van der Waals surface area contributed by atoms with Crippen molar-refractivity contribution in [2.45, 2.75) is 63.6 Å². The summed E-state index contributed by atoms with van der Waals surface area (Å²) in [7, 11) is 0. The van der Waals surface area contributed by atoms with E-state index in [4.69, 9.17) is 16.2 Å². The van der Waals surface area contributed by atoms with Crippen LogP contribution in [0.5, 0.6) is 0 Å². The van der Waals surface area contributed by atoms with Crippen molar-refractivity contribution in [3.63, 3.8) is 0 Å². The molecule has 0 radical (unpaired) electrons. The lowest BCUT2D eigenvalue weighted by Crippen LogP contribution is -2.40. The first-order valence-corrected chi connectivity index (χ1v) is 7.96. The van der Waals surface area contributed by atoms with Crippen molar-refractivity contribution in [2.75, 3.05) is 13.1 Å². The lowest BCUT2D eigenvalue weighted by atomic mass is 9.71. The Hall–Kier alpha value is -1.14. The minimum absolute atomic E-state index is 0.0192. The van der Waals surface area contributed by atoms with E-state index in [0.717, 1.165) is 32.1 Å². The number of nitrogens with one attached hydrogen (secondary N) is 1. The van der Waals surface area contributed by atoms with Crippen molar-refractivity contribution in [3.05, 3.63) is 0 Å². The lowest BCUT2D eigenvalue weighted by molar-refractivity contribution is -0.129. The predicted octanol–water partition coefficient (Wildman–Crippen LogP) is 0.435. The highest BCUT2D eigenvalue weighted by Crippen LogP contribution is 2.38. The van der Waals surface area contributed by atoms with E-state index in [1.165, 1.54) is 6.42 Å². The van der Waals surface area contributed by atoms with Gasteiger partial charge in [-0.05, 0) is 37.6 Å². The third-order valence-corrected chi connectivity index (χ3v) is 4.83. The van der Waals surface area contributed by atoms with Crippen LogP contribution in [0.4, 0.5) is 0 Å². The summed E-state index contributed by atoms with van der Waals surface area (Å²) in [5, 5.41) is 2.92. The first kappa shape index (κ1) is 16.2. The minimum Gasteiger partial charge on any atom is -0.367 e. The maximum absolute atomic E-state index is 12.1. The van der Waals surface area contributed by atoms with Gasteiger partial charge in [0, 0.05) is 13.0 Å². The number of primary amides is 1. The van der Waals surface area contributed by atoms with E-state index in [9.17, 15) is 9.59 Å². The van der Waals surface area contributed by atoms with Gasteiger partial charge in [-0.15, -0.1) is 0 Å². The summed E-state index contributed by atoms with van der Waals surface area (Å²) in [4.78, 5) is 23.2.